The van der Waals surface area contributed by atoms with E-state index in [1.807, 2.05) is 5.01 Å². The first-order valence-electron chi connectivity index (χ1n) is 3.74. The van der Waals surface area contributed by atoms with Crippen LogP contribution in [0.25, 0.3) is 0 Å². The number of hydrazine groups is 1. The van der Waals surface area contributed by atoms with Crippen molar-refractivity contribution in [2.45, 2.75) is 32.2 Å². The third-order valence-corrected chi connectivity index (χ3v) is 2.87. The summed E-state index contributed by atoms with van der Waals surface area (Å²) in [5.74, 6) is 5.74. The van der Waals surface area contributed by atoms with Crippen LogP contribution in [0.5, 0.6) is 0 Å². The number of hydrogen-bond donors (Lipinski definition) is 1. The second-order valence-corrected chi connectivity index (χ2v) is 3.72. The first kappa shape index (κ1) is 5.69. The van der Waals surface area contributed by atoms with Crippen molar-refractivity contribution >= 4 is 0 Å². The Hall–Kier alpha value is -0.0800. The summed E-state index contributed by atoms with van der Waals surface area (Å²) in [7, 11) is 0. The molecule has 0 amide bonds. The van der Waals surface area contributed by atoms with Crippen molar-refractivity contribution in [2.24, 2.45) is 11.3 Å². The average molecular weight is 126 g/mol. The molecule has 0 spiro atoms. The summed E-state index contributed by atoms with van der Waals surface area (Å²) >= 11 is 0. The van der Waals surface area contributed by atoms with Crippen LogP contribution in [0.3, 0.4) is 0 Å². The molecular formula is C7H14N2. The lowest BCUT2D eigenvalue weighted by Gasteiger charge is -2.25. The van der Waals surface area contributed by atoms with Crippen LogP contribution in [0.15, 0.2) is 0 Å². The van der Waals surface area contributed by atoms with Crippen LogP contribution in [0.2, 0.25) is 0 Å². The molecular weight excluding hydrogens is 112 g/mol. The van der Waals surface area contributed by atoms with E-state index in [1.165, 1.54) is 19.3 Å². The van der Waals surface area contributed by atoms with Gasteiger partial charge in [0.05, 0.1) is 0 Å². The molecule has 9 heavy (non-hydrogen) atoms. The predicted molar refractivity (Wildman–Crippen MR) is 36.6 cm³/mol. The molecule has 2 nitrogen and oxygen atoms in total. The highest BCUT2D eigenvalue weighted by Gasteiger charge is 2.54. The fraction of sp³-hybridized carbons (Fsp3) is 1.00. The van der Waals surface area contributed by atoms with Crippen molar-refractivity contribution in [1.82, 2.24) is 5.01 Å². The zero-order valence-electron chi connectivity index (χ0n) is 5.93. The lowest BCUT2D eigenvalue weighted by Crippen LogP contribution is -2.39. The van der Waals surface area contributed by atoms with E-state index in [9.17, 15) is 0 Å². The van der Waals surface area contributed by atoms with E-state index in [-0.39, 0.29) is 0 Å². The molecule has 0 radical (unpaired) electrons. The number of hydrogen-bond acceptors (Lipinski definition) is 2. The van der Waals surface area contributed by atoms with Gasteiger partial charge in [-0.2, -0.15) is 0 Å². The van der Waals surface area contributed by atoms with E-state index in [1.54, 1.807) is 0 Å². The third kappa shape index (κ3) is 0.700. The van der Waals surface area contributed by atoms with E-state index in [0.29, 0.717) is 5.41 Å². The minimum absolute atomic E-state index is 0.618. The quantitative estimate of drug-likeness (QED) is 0.485. The van der Waals surface area contributed by atoms with Gasteiger partial charge in [-0.1, -0.05) is 6.92 Å². The highest BCUT2D eigenvalue weighted by molar-refractivity contribution is 5.06. The van der Waals surface area contributed by atoms with Gasteiger partial charge in [0.25, 0.3) is 0 Å². The van der Waals surface area contributed by atoms with Gasteiger partial charge < -0.3 is 0 Å². The molecule has 2 fully saturated rings. The maximum Gasteiger partial charge on any atom is 0.0301 e. The molecule has 1 heterocycles. The van der Waals surface area contributed by atoms with E-state index in [4.69, 9.17) is 5.84 Å². The monoisotopic (exact) mass is 126 g/mol. The van der Waals surface area contributed by atoms with Crippen molar-refractivity contribution < 1.29 is 0 Å². The van der Waals surface area contributed by atoms with Gasteiger partial charge in [-0.3, -0.25) is 5.84 Å². The van der Waals surface area contributed by atoms with Gasteiger partial charge in [0.1, 0.15) is 0 Å². The molecule has 2 atom stereocenters. The topological polar surface area (TPSA) is 29.3 Å². The normalized spacial score (nSPS) is 50.7. The molecule has 52 valence electrons. The van der Waals surface area contributed by atoms with Crippen LogP contribution in [0, 0.1) is 5.41 Å². The van der Waals surface area contributed by atoms with Gasteiger partial charge >= 0.3 is 0 Å². The number of fused-ring (bicyclic) bond motifs is 1. The predicted octanol–water partition coefficient (Wildman–Crippen LogP) is 0.735. The van der Waals surface area contributed by atoms with Crippen LogP contribution in [-0.2, 0) is 0 Å². The Bertz CT molecular complexity index is 135. The SMILES string of the molecule is CC12CCCN(N)C1C2. The molecule has 0 aromatic rings. The second kappa shape index (κ2) is 1.50. The zero-order valence-corrected chi connectivity index (χ0v) is 5.93. The Kier molecular flexibility index (Phi) is 0.945. The fourth-order valence-corrected chi connectivity index (χ4v) is 1.99. The highest BCUT2D eigenvalue weighted by Crippen LogP contribution is 2.54. The van der Waals surface area contributed by atoms with Crippen molar-refractivity contribution in [3.63, 3.8) is 0 Å². The first-order chi connectivity index (χ1) is 4.22. The largest absolute Gasteiger partial charge is 0.269 e. The molecule has 2 heteroatoms. The molecule has 0 aromatic carbocycles. The zero-order chi connectivity index (χ0) is 6.48. The van der Waals surface area contributed by atoms with Gasteiger partial charge in [-0.15, -0.1) is 0 Å². The molecule has 2 rings (SSSR count). The van der Waals surface area contributed by atoms with Crippen LogP contribution in [-0.4, -0.2) is 17.6 Å². The van der Waals surface area contributed by atoms with Gasteiger partial charge in [0, 0.05) is 12.6 Å². The summed E-state index contributed by atoms with van der Waals surface area (Å²) < 4.78 is 0. The summed E-state index contributed by atoms with van der Waals surface area (Å²) in [6.07, 6.45) is 4.03. The Morgan fingerprint density at radius 2 is 2.44 bits per heavy atom. The van der Waals surface area contributed by atoms with Gasteiger partial charge in [0.2, 0.25) is 0 Å². The van der Waals surface area contributed by atoms with Crippen LogP contribution >= 0.6 is 0 Å². The summed E-state index contributed by atoms with van der Waals surface area (Å²) in [5.41, 5.74) is 0.618. The van der Waals surface area contributed by atoms with Gasteiger partial charge in [0.15, 0.2) is 0 Å². The maximum absolute atomic E-state index is 5.74. The van der Waals surface area contributed by atoms with Gasteiger partial charge in [-0.05, 0) is 24.7 Å². The van der Waals surface area contributed by atoms with Gasteiger partial charge in [-0.25, -0.2) is 5.01 Å². The molecule has 1 saturated heterocycles. The molecule has 2 N–H and O–H groups in total. The number of piperidine rings is 1. The van der Waals surface area contributed by atoms with Crippen molar-refractivity contribution in [1.29, 1.82) is 0 Å². The van der Waals surface area contributed by atoms with Crippen LogP contribution < -0.4 is 5.84 Å². The third-order valence-electron chi connectivity index (χ3n) is 2.87. The Morgan fingerprint density at radius 1 is 1.67 bits per heavy atom. The smallest absolute Gasteiger partial charge is 0.0301 e. The lowest BCUT2D eigenvalue weighted by molar-refractivity contribution is 0.184. The molecule has 0 aromatic heterocycles. The van der Waals surface area contributed by atoms with Crippen molar-refractivity contribution in [3.05, 3.63) is 0 Å². The summed E-state index contributed by atoms with van der Waals surface area (Å²) in [6, 6.07) is 0.728. The Labute approximate surface area is 56.0 Å². The first-order valence-corrected chi connectivity index (χ1v) is 3.74. The maximum atomic E-state index is 5.74. The molecule has 1 aliphatic heterocycles. The van der Waals surface area contributed by atoms with E-state index < -0.39 is 0 Å². The van der Waals surface area contributed by atoms with E-state index >= 15 is 0 Å². The molecule has 0 bridgehead atoms. The summed E-state index contributed by atoms with van der Waals surface area (Å²) in [6.45, 7) is 3.46. The van der Waals surface area contributed by atoms with Crippen LogP contribution in [0.4, 0.5) is 0 Å². The minimum Gasteiger partial charge on any atom is -0.269 e. The fourth-order valence-electron chi connectivity index (χ4n) is 1.99. The molecule has 1 aliphatic carbocycles. The summed E-state index contributed by atoms with van der Waals surface area (Å²) in [5, 5.41) is 2.02. The number of nitrogens with two attached hydrogens (primary N) is 1. The lowest BCUT2D eigenvalue weighted by atomic mass is 9.99. The van der Waals surface area contributed by atoms with E-state index in [2.05, 4.69) is 6.92 Å². The van der Waals surface area contributed by atoms with Crippen molar-refractivity contribution in [3.8, 4) is 0 Å². The number of nitrogens with zero attached hydrogens (tertiary/aromatic N) is 1. The average Bonchev–Trinajstić information content (AvgIpc) is 2.43. The van der Waals surface area contributed by atoms with Crippen LogP contribution in [0.1, 0.15) is 26.2 Å². The van der Waals surface area contributed by atoms with Crippen molar-refractivity contribution in [2.75, 3.05) is 6.54 Å². The molecule has 2 aliphatic rings. The van der Waals surface area contributed by atoms with E-state index in [0.717, 1.165) is 12.6 Å². The highest BCUT2D eigenvalue weighted by atomic mass is 15.4. The molecule has 2 unspecified atom stereocenters. The standard InChI is InChI=1S/C7H14N2/c1-7-3-2-4-9(8)6(7)5-7/h6H,2-5,8H2,1H3. The molecule has 1 saturated carbocycles. The Balaban J connectivity index is 2.07. The minimum atomic E-state index is 0.618. The Morgan fingerprint density at radius 3 is 3.00 bits per heavy atom. The summed E-state index contributed by atoms with van der Waals surface area (Å²) in [4.78, 5) is 0. The number of rotatable bonds is 0. The second-order valence-electron chi connectivity index (χ2n) is 3.72.